The van der Waals surface area contributed by atoms with Crippen LogP contribution < -0.4 is 0 Å². The van der Waals surface area contributed by atoms with Gasteiger partial charge in [0.1, 0.15) is 5.69 Å². The first kappa shape index (κ1) is 16.5. The summed E-state index contributed by atoms with van der Waals surface area (Å²) >= 11 is 4.53. The predicted octanol–water partition coefficient (Wildman–Crippen LogP) is 5.47. The molecular weight excluding hydrogens is 276 g/mol. The first-order chi connectivity index (χ1) is 10.2. The minimum Gasteiger partial charge on any atom is -0.154 e. The minimum atomic E-state index is 0.606. The van der Waals surface area contributed by atoms with Crippen LogP contribution in [0.2, 0.25) is 0 Å². The van der Waals surface area contributed by atoms with Crippen molar-refractivity contribution in [3.8, 4) is 0 Å². The Kier molecular flexibility index (Phi) is 6.28. The molecule has 1 aromatic heterocycles. The molecule has 2 rings (SSSR count). The highest BCUT2D eigenvalue weighted by molar-refractivity contribution is 7.90. The Morgan fingerprint density at radius 2 is 1.76 bits per heavy atom. The summed E-state index contributed by atoms with van der Waals surface area (Å²) in [6.45, 7) is 6.40. The monoisotopic (exact) mass is 304 g/mol. The number of allylic oxidation sites excluding steroid dienone is 1. The SMILES string of the molecule is C/C=C(/S)c1nnc(C2CCCCCCC2)c(CC)c1C. The largest absolute Gasteiger partial charge is 0.154 e. The Balaban J connectivity index is 2.36. The maximum Gasteiger partial charge on any atom is 0.102 e. The fraction of sp³-hybridized carbons (Fsp3) is 0.667. The van der Waals surface area contributed by atoms with E-state index >= 15 is 0 Å². The van der Waals surface area contributed by atoms with Gasteiger partial charge >= 0.3 is 0 Å². The van der Waals surface area contributed by atoms with Crippen molar-refractivity contribution >= 4 is 17.5 Å². The van der Waals surface area contributed by atoms with Crippen LogP contribution in [0.3, 0.4) is 0 Å². The summed E-state index contributed by atoms with van der Waals surface area (Å²) in [5.74, 6) is 0.606. The molecule has 1 aliphatic carbocycles. The van der Waals surface area contributed by atoms with Gasteiger partial charge in [-0.05, 0) is 44.2 Å². The van der Waals surface area contributed by atoms with Crippen LogP contribution in [0.15, 0.2) is 6.08 Å². The molecule has 0 radical (unpaired) electrons. The van der Waals surface area contributed by atoms with E-state index in [-0.39, 0.29) is 0 Å². The molecule has 1 heterocycles. The average Bonchev–Trinajstić information content (AvgIpc) is 2.46. The standard InChI is InChI=1S/C18H28N2S/c1-4-15-13(3)17(16(21)5-2)19-20-18(15)14-11-9-7-6-8-10-12-14/h5,14,21H,4,6-12H2,1-3H3/b16-5+. The summed E-state index contributed by atoms with van der Waals surface area (Å²) in [4.78, 5) is 0.930. The lowest BCUT2D eigenvalue weighted by atomic mass is 9.85. The summed E-state index contributed by atoms with van der Waals surface area (Å²) in [7, 11) is 0. The van der Waals surface area contributed by atoms with E-state index in [0.717, 1.165) is 17.0 Å². The molecule has 0 atom stereocenters. The quantitative estimate of drug-likeness (QED) is 0.750. The van der Waals surface area contributed by atoms with E-state index in [2.05, 4.69) is 36.7 Å². The average molecular weight is 305 g/mol. The van der Waals surface area contributed by atoms with E-state index in [9.17, 15) is 0 Å². The van der Waals surface area contributed by atoms with E-state index in [1.807, 2.05) is 13.0 Å². The molecule has 0 aromatic carbocycles. The van der Waals surface area contributed by atoms with Crippen LogP contribution in [0.4, 0.5) is 0 Å². The number of aromatic nitrogens is 2. The molecule has 0 spiro atoms. The summed E-state index contributed by atoms with van der Waals surface area (Å²) in [5.41, 5.74) is 4.89. The number of nitrogens with zero attached hydrogens (tertiary/aromatic N) is 2. The van der Waals surface area contributed by atoms with Gasteiger partial charge < -0.3 is 0 Å². The van der Waals surface area contributed by atoms with Crippen molar-refractivity contribution in [1.29, 1.82) is 0 Å². The number of rotatable bonds is 3. The van der Waals surface area contributed by atoms with Gasteiger partial charge in [-0.1, -0.05) is 45.1 Å². The molecule has 0 saturated heterocycles. The lowest BCUT2D eigenvalue weighted by molar-refractivity contribution is 0.444. The van der Waals surface area contributed by atoms with Crippen molar-refractivity contribution in [2.45, 2.75) is 78.1 Å². The van der Waals surface area contributed by atoms with E-state index in [1.54, 1.807) is 0 Å². The Labute approximate surface area is 134 Å². The second-order valence-electron chi connectivity index (χ2n) is 6.11. The third kappa shape index (κ3) is 3.88. The van der Waals surface area contributed by atoms with Gasteiger partial charge in [-0.25, -0.2) is 0 Å². The lowest BCUT2D eigenvalue weighted by Gasteiger charge is -2.22. The van der Waals surface area contributed by atoms with Gasteiger partial charge in [0.15, 0.2) is 0 Å². The zero-order valence-electron chi connectivity index (χ0n) is 13.7. The van der Waals surface area contributed by atoms with E-state index in [4.69, 9.17) is 0 Å². The van der Waals surface area contributed by atoms with Gasteiger partial charge in [0.05, 0.1) is 5.69 Å². The summed E-state index contributed by atoms with van der Waals surface area (Å²) in [6, 6.07) is 0. The second-order valence-corrected chi connectivity index (χ2v) is 6.59. The third-order valence-corrected chi connectivity index (χ3v) is 5.21. The van der Waals surface area contributed by atoms with Crippen LogP contribution >= 0.6 is 12.6 Å². The van der Waals surface area contributed by atoms with Crippen molar-refractivity contribution in [2.24, 2.45) is 0 Å². The Hall–Kier alpha value is -0.830. The van der Waals surface area contributed by atoms with E-state index < -0.39 is 0 Å². The smallest absolute Gasteiger partial charge is 0.102 e. The zero-order valence-corrected chi connectivity index (χ0v) is 14.5. The minimum absolute atomic E-state index is 0.606. The topological polar surface area (TPSA) is 25.8 Å². The van der Waals surface area contributed by atoms with Crippen LogP contribution in [-0.2, 0) is 6.42 Å². The van der Waals surface area contributed by atoms with Crippen LogP contribution in [0.5, 0.6) is 0 Å². The Bertz CT molecular complexity index is 500. The van der Waals surface area contributed by atoms with Gasteiger partial charge in [0.25, 0.3) is 0 Å². The summed E-state index contributed by atoms with van der Waals surface area (Å²) < 4.78 is 0. The van der Waals surface area contributed by atoms with Crippen molar-refractivity contribution in [3.63, 3.8) is 0 Å². The van der Waals surface area contributed by atoms with Crippen LogP contribution in [0.25, 0.3) is 4.91 Å². The van der Waals surface area contributed by atoms with Crippen molar-refractivity contribution in [3.05, 3.63) is 28.6 Å². The van der Waals surface area contributed by atoms with Crippen molar-refractivity contribution in [1.82, 2.24) is 10.2 Å². The summed E-state index contributed by atoms with van der Waals surface area (Å²) in [5, 5.41) is 9.13. The van der Waals surface area contributed by atoms with Crippen LogP contribution in [-0.4, -0.2) is 10.2 Å². The lowest BCUT2D eigenvalue weighted by Crippen LogP contribution is -2.12. The van der Waals surface area contributed by atoms with Gasteiger partial charge in [0, 0.05) is 10.8 Å². The van der Waals surface area contributed by atoms with Crippen LogP contribution in [0.1, 0.15) is 87.2 Å². The molecule has 1 aromatic rings. The van der Waals surface area contributed by atoms with Gasteiger partial charge in [-0.2, -0.15) is 5.10 Å². The molecule has 0 amide bonds. The van der Waals surface area contributed by atoms with E-state index in [0.29, 0.717) is 5.92 Å². The zero-order chi connectivity index (χ0) is 15.2. The molecule has 116 valence electrons. The first-order valence-corrected chi connectivity index (χ1v) is 8.85. The molecule has 0 bridgehead atoms. The van der Waals surface area contributed by atoms with Crippen molar-refractivity contribution in [2.75, 3.05) is 0 Å². The highest BCUT2D eigenvalue weighted by Crippen LogP contribution is 2.34. The van der Waals surface area contributed by atoms with Crippen molar-refractivity contribution < 1.29 is 0 Å². The third-order valence-electron chi connectivity index (χ3n) is 4.74. The fourth-order valence-electron chi connectivity index (χ4n) is 3.46. The molecule has 2 nitrogen and oxygen atoms in total. The van der Waals surface area contributed by atoms with Gasteiger partial charge in [-0.15, -0.1) is 17.7 Å². The number of hydrogen-bond donors (Lipinski definition) is 1. The highest BCUT2D eigenvalue weighted by atomic mass is 32.1. The normalized spacial score (nSPS) is 18.4. The fourth-order valence-corrected chi connectivity index (χ4v) is 3.67. The van der Waals surface area contributed by atoms with Gasteiger partial charge in [0.2, 0.25) is 0 Å². The Morgan fingerprint density at radius 1 is 1.14 bits per heavy atom. The van der Waals surface area contributed by atoms with Gasteiger partial charge in [-0.3, -0.25) is 0 Å². The highest BCUT2D eigenvalue weighted by Gasteiger charge is 2.21. The molecule has 1 saturated carbocycles. The maximum absolute atomic E-state index is 4.64. The molecule has 3 heteroatoms. The summed E-state index contributed by atoms with van der Waals surface area (Å²) in [6.07, 6.45) is 12.4. The Morgan fingerprint density at radius 3 is 2.33 bits per heavy atom. The molecular formula is C18H28N2S. The molecule has 21 heavy (non-hydrogen) atoms. The first-order valence-electron chi connectivity index (χ1n) is 8.40. The maximum atomic E-state index is 4.64. The molecule has 1 fully saturated rings. The van der Waals surface area contributed by atoms with Crippen LogP contribution in [0, 0.1) is 6.92 Å². The molecule has 0 aliphatic heterocycles. The molecule has 1 aliphatic rings. The second kappa shape index (κ2) is 7.98. The molecule has 0 N–H and O–H groups in total. The van der Waals surface area contributed by atoms with E-state index in [1.165, 1.54) is 61.8 Å². The number of hydrogen-bond acceptors (Lipinski definition) is 3. The predicted molar refractivity (Wildman–Crippen MR) is 93.8 cm³/mol. The number of thiol groups is 1. The molecule has 0 unspecified atom stereocenters.